The summed E-state index contributed by atoms with van der Waals surface area (Å²) in [4.78, 5) is 26.1. The number of halogens is 1. The number of piperidine rings is 1. The van der Waals surface area contributed by atoms with Gasteiger partial charge in [0.1, 0.15) is 5.75 Å². The van der Waals surface area contributed by atoms with Crippen LogP contribution >= 0.6 is 11.6 Å². The average molecular weight is 354 g/mol. The number of hydrogen-bond donors (Lipinski definition) is 0. The van der Waals surface area contributed by atoms with E-state index < -0.39 is 6.10 Å². The largest absolute Gasteiger partial charge is 0.481 e. The van der Waals surface area contributed by atoms with E-state index in [2.05, 4.69) is 0 Å². The molecule has 0 radical (unpaired) electrons. The predicted molar refractivity (Wildman–Crippen MR) is 92.2 cm³/mol. The van der Waals surface area contributed by atoms with Crippen LogP contribution in [0.5, 0.6) is 5.75 Å². The molecule has 0 spiro atoms. The van der Waals surface area contributed by atoms with Crippen molar-refractivity contribution in [3.8, 4) is 5.75 Å². The van der Waals surface area contributed by atoms with E-state index in [1.165, 1.54) is 0 Å². The van der Waals surface area contributed by atoms with Gasteiger partial charge in [0.2, 0.25) is 0 Å². The van der Waals surface area contributed by atoms with Gasteiger partial charge in [-0.3, -0.25) is 9.59 Å². The summed E-state index contributed by atoms with van der Waals surface area (Å²) in [6, 6.07) is 5.32. The van der Waals surface area contributed by atoms with Crippen LogP contribution in [0.1, 0.15) is 32.3 Å². The van der Waals surface area contributed by atoms with Crippen molar-refractivity contribution in [1.82, 2.24) is 4.90 Å². The molecule has 132 valence electrons. The third-order valence-corrected chi connectivity index (χ3v) is 4.45. The summed E-state index contributed by atoms with van der Waals surface area (Å²) in [5.41, 5.74) is 0.892. The lowest BCUT2D eigenvalue weighted by Crippen LogP contribution is -2.46. The van der Waals surface area contributed by atoms with E-state index in [0.717, 1.165) is 5.56 Å². The minimum Gasteiger partial charge on any atom is -0.481 e. The second kappa shape index (κ2) is 8.38. The fraction of sp³-hybridized carbons (Fsp3) is 0.556. The van der Waals surface area contributed by atoms with Gasteiger partial charge in [0.25, 0.3) is 5.91 Å². The van der Waals surface area contributed by atoms with Gasteiger partial charge in [-0.15, -0.1) is 0 Å². The molecule has 6 heteroatoms. The van der Waals surface area contributed by atoms with E-state index in [1.807, 2.05) is 6.92 Å². The van der Waals surface area contributed by atoms with Crippen molar-refractivity contribution in [3.63, 3.8) is 0 Å². The third kappa shape index (κ3) is 4.63. The highest BCUT2D eigenvalue weighted by atomic mass is 35.5. The molecule has 0 aliphatic carbocycles. The van der Waals surface area contributed by atoms with Gasteiger partial charge >= 0.3 is 5.97 Å². The van der Waals surface area contributed by atoms with Crippen LogP contribution in [0.4, 0.5) is 0 Å². The van der Waals surface area contributed by atoms with Gasteiger partial charge in [0.05, 0.1) is 12.5 Å². The zero-order valence-electron chi connectivity index (χ0n) is 14.4. The maximum Gasteiger partial charge on any atom is 0.309 e. The average Bonchev–Trinajstić information content (AvgIpc) is 2.57. The van der Waals surface area contributed by atoms with Crippen LogP contribution in [0.15, 0.2) is 18.2 Å². The quantitative estimate of drug-likeness (QED) is 0.763. The molecule has 1 fully saturated rings. The third-order valence-electron chi connectivity index (χ3n) is 4.22. The fourth-order valence-corrected chi connectivity index (χ4v) is 3.07. The molecule has 1 unspecified atom stereocenters. The number of likely N-dealkylation sites (tertiary alicyclic amines) is 1. The Hall–Kier alpha value is -1.75. The van der Waals surface area contributed by atoms with Gasteiger partial charge in [-0.2, -0.15) is 0 Å². The minimum absolute atomic E-state index is 0.0633. The molecular formula is C18H24ClNO4. The van der Waals surface area contributed by atoms with Crippen molar-refractivity contribution in [3.05, 3.63) is 28.8 Å². The fourth-order valence-electron chi connectivity index (χ4n) is 2.84. The second-order valence-corrected chi connectivity index (χ2v) is 6.46. The molecule has 24 heavy (non-hydrogen) atoms. The van der Waals surface area contributed by atoms with Gasteiger partial charge in [0.15, 0.2) is 6.10 Å². The van der Waals surface area contributed by atoms with E-state index in [-0.39, 0.29) is 17.8 Å². The molecule has 1 amide bonds. The molecule has 5 nitrogen and oxygen atoms in total. The summed E-state index contributed by atoms with van der Waals surface area (Å²) < 4.78 is 10.8. The molecule has 1 aliphatic rings. The lowest BCUT2D eigenvalue weighted by atomic mass is 9.96. The molecule has 1 heterocycles. The number of hydrogen-bond acceptors (Lipinski definition) is 4. The maximum absolute atomic E-state index is 12.5. The minimum atomic E-state index is -0.580. The SMILES string of the molecule is CCOC(=O)C1CCN(C(=O)C(C)Oc2ccc(Cl)cc2C)CC1. The van der Waals surface area contributed by atoms with Crippen molar-refractivity contribution in [2.45, 2.75) is 39.7 Å². The molecule has 1 aromatic rings. The van der Waals surface area contributed by atoms with Gasteiger partial charge in [-0.05, 0) is 57.4 Å². The Bertz CT molecular complexity index is 597. The number of amides is 1. The standard InChI is InChI=1S/C18H24ClNO4/c1-4-23-18(22)14-7-9-20(10-8-14)17(21)13(3)24-16-6-5-15(19)11-12(16)2/h5-6,11,13-14H,4,7-10H2,1-3H3. The highest BCUT2D eigenvalue weighted by Crippen LogP contribution is 2.24. The number of carbonyl (C=O) groups is 2. The Balaban J connectivity index is 1.89. The van der Waals surface area contributed by atoms with Crippen LogP contribution in [-0.4, -0.2) is 42.6 Å². The molecule has 0 N–H and O–H groups in total. The van der Waals surface area contributed by atoms with E-state index in [1.54, 1.807) is 36.9 Å². The van der Waals surface area contributed by atoms with E-state index >= 15 is 0 Å². The second-order valence-electron chi connectivity index (χ2n) is 6.02. The summed E-state index contributed by atoms with van der Waals surface area (Å²) in [6.07, 6.45) is 0.693. The molecule has 0 aromatic heterocycles. The summed E-state index contributed by atoms with van der Waals surface area (Å²) in [5.74, 6) is 0.322. The van der Waals surface area contributed by atoms with Crippen molar-refractivity contribution < 1.29 is 19.1 Å². The lowest BCUT2D eigenvalue weighted by molar-refractivity contribution is -0.152. The Kier molecular flexibility index (Phi) is 6.49. The molecule has 0 bridgehead atoms. The maximum atomic E-state index is 12.5. The topological polar surface area (TPSA) is 55.8 Å². The van der Waals surface area contributed by atoms with E-state index in [9.17, 15) is 9.59 Å². The number of rotatable bonds is 5. The summed E-state index contributed by atoms with van der Waals surface area (Å²) in [6.45, 7) is 6.93. The summed E-state index contributed by atoms with van der Waals surface area (Å²) in [7, 11) is 0. The molecule has 1 atom stereocenters. The van der Waals surface area contributed by atoms with Crippen LogP contribution in [0.25, 0.3) is 0 Å². The van der Waals surface area contributed by atoms with Crippen LogP contribution in [-0.2, 0) is 14.3 Å². The first-order chi connectivity index (χ1) is 11.4. The van der Waals surface area contributed by atoms with Gasteiger partial charge < -0.3 is 14.4 Å². The number of ether oxygens (including phenoxy) is 2. The van der Waals surface area contributed by atoms with Crippen molar-refractivity contribution in [2.24, 2.45) is 5.92 Å². The highest BCUT2D eigenvalue weighted by molar-refractivity contribution is 6.30. The smallest absolute Gasteiger partial charge is 0.309 e. The first kappa shape index (κ1) is 18.6. The van der Waals surface area contributed by atoms with Crippen LogP contribution in [0.2, 0.25) is 5.02 Å². The first-order valence-electron chi connectivity index (χ1n) is 8.30. The zero-order chi connectivity index (χ0) is 17.7. The Morgan fingerprint density at radius 2 is 2.00 bits per heavy atom. The van der Waals surface area contributed by atoms with Crippen LogP contribution in [0.3, 0.4) is 0 Å². The van der Waals surface area contributed by atoms with E-state index in [4.69, 9.17) is 21.1 Å². The van der Waals surface area contributed by atoms with Gasteiger partial charge in [-0.25, -0.2) is 0 Å². The molecular weight excluding hydrogens is 330 g/mol. The summed E-state index contributed by atoms with van der Waals surface area (Å²) >= 11 is 5.93. The number of carbonyl (C=O) groups excluding carboxylic acids is 2. The highest BCUT2D eigenvalue weighted by Gasteiger charge is 2.30. The van der Waals surface area contributed by atoms with Crippen molar-refractivity contribution in [2.75, 3.05) is 19.7 Å². The van der Waals surface area contributed by atoms with Gasteiger partial charge in [0, 0.05) is 18.1 Å². The van der Waals surface area contributed by atoms with Crippen molar-refractivity contribution >= 4 is 23.5 Å². The lowest BCUT2D eigenvalue weighted by Gasteiger charge is -2.32. The van der Waals surface area contributed by atoms with Crippen LogP contribution in [0, 0.1) is 12.8 Å². The molecule has 1 aliphatic heterocycles. The summed E-state index contributed by atoms with van der Waals surface area (Å²) in [5, 5.41) is 0.639. The number of benzene rings is 1. The molecule has 1 aromatic carbocycles. The Labute approximate surface area is 147 Å². The Morgan fingerprint density at radius 3 is 2.58 bits per heavy atom. The van der Waals surface area contributed by atoms with Crippen LogP contribution < -0.4 is 4.74 Å². The number of esters is 1. The molecule has 0 saturated carbocycles. The van der Waals surface area contributed by atoms with Gasteiger partial charge in [-0.1, -0.05) is 11.6 Å². The number of nitrogens with zero attached hydrogens (tertiary/aromatic N) is 1. The molecule has 1 saturated heterocycles. The Morgan fingerprint density at radius 1 is 1.33 bits per heavy atom. The normalized spacial score (nSPS) is 16.6. The number of aryl methyl sites for hydroxylation is 1. The zero-order valence-corrected chi connectivity index (χ0v) is 15.1. The first-order valence-corrected chi connectivity index (χ1v) is 8.68. The molecule has 2 rings (SSSR count). The van der Waals surface area contributed by atoms with E-state index in [0.29, 0.717) is 43.3 Å². The monoisotopic (exact) mass is 353 g/mol. The predicted octanol–water partition coefficient (Wildman–Crippen LogP) is 3.22. The van der Waals surface area contributed by atoms with Crippen molar-refractivity contribution in [1.29, 1.82) is 0 Å².